The molecule has 8 nitrogen and oxygen atoms in total. The summed E-state index contributed by atoms with van der Waals surface area (Å²) in [6.45, 7) is 3.40. The molecule has 4 rings (SSSR count). The molecule has 28 heavy (non-hydrogen) atoms. The van der Waals surface area contributed by atoms with Gasteiger partial charge in [-0.15, -0.1) is 0 Å². The lowest BCUT2D eigenvalue weighted by Gasteiger charge is -2.14. The van der Waals surface area contributed by atoms with Crippen molar-refractivity contribution in [1.82, 2.24) is 29.5 Å². The zero-order valence-corrected chi connectivity index (χ0v) is 15.4. The summed E-state index contributed by atoms with van der Waals surface area (Å²) in [7, 11) is 0. The number of fused-ring (bicyclic) bond motifs is 1. The second-order valence-electron chi connectivity index (χ2n) is 6.50. The summed E-state index contributed by atoms with van der Waals surface area (Å²) < 4.78 is 1.42. The molecular weight excluding hydrogens is 356 g/mol. The second kappa shape index (κ2) is 7.24. The van der Waals surface area contributed by atoms with Crippen LogP contribution in [0.1, 0.15) is 18.8 Å². The SMILES string of the molecule is Cc1ncc(-c2cc3c(=O)n([C@@H](C)CO)cnc3c(-c3cccnc3)n2)cn1. The van der Waals surface area contributed by atoms with Gasteiger partial charge in [-0.25, -0.2) is 19.9 Å². The molecule has 0 unspecified atom stereocenters. The number of aliphatic hydroxyl groups is 1. The van der Waals surface area contributed by atoms with Crippen LogP contribution in [0.15, 0.2) is 54.1 Å². The third-order valence-electron chi connectivity index (χ3n) is 4.52. The van der Waals surface area contributed by atoms with Gasteiger partial charge in [-0.05, 0) is 32.0 Å². The fourth-order valence-corrected chi connectivity index (χ4v) is 2.92. The Labute approximate surface area is 160 Å². The Morgan fingerprint density at radius 2 is 1.93 bits per heavy atom. The lowest BCUT2D eigenvalue weighted by molar-refractivity contribution is 0.236. The second-order valence-corrected chi connectivity index (χ2v) is 6.50. The molecule has 0 bridgehead atoms. The molecule has 0 aromatic carbocycles. The van der Waals surface area contributed by atoms with Crippen molar-refractivity contribution in [3.63, 3.8) is 0 Å². The first-order valence-electron chi connectivity index (χ1n) is 8.80. The van der Waals surface area contributed by atoms with Gasteiger partial charge in [0.25, 0.3) is 5.56 Å². The molecule has 4 aromatic heterocycles. The average Bonchev–Trinajstić information content (AvgIpc) is 2.74. The summed E-state index contributed by atoms with van der Waals surface area (Å²) in [5, 5.41) is 9.86. The van der Waals surface area contributed by atoms with E-state index in [2.05, 4.69) is 19.9 Å². The molecular formula is C20H18N6O2. The first-order chi connectivity index (χ1) is 13.6. The van der Waals surface area contributed by atoms with Crippen molar-refractivity contribution in [2.75, 3.05) is 6.61 Å². The normalized spacial score (nSPS) is 12.2. The molecule has 0 fully saturated rings. The topological polar surface area (TPSA) is 107 Å². The van der Waals surface area contributed by atoms with Gasteiger partial charge in [-0.1, -0.05) is 0 Å². The molecule has 4 heterocycles. The van der Waals surface area contributed by atoms with Crippen molar-refractivity contribution in [3.8, 4) is 22.5 Å². The van der Waals surface area contributed by atoms with Crippen molar-refractivity contribution >= 4 is 10.9 Å². The number of aromatic nitrogens is 6. The number of nitrogens with zero attached hydrogens (tertiary/aromatic N) is 6. The molecule has 0 aliphatic carbocycles. The Balaban J connectivity index is 2.04. The maximum absolute atomic E-state index is 13.1. The third-order valence-corrected chi connectivity index (χ3v) is 4.52. The van der Waals surface area contributed by atoms with Crippen LogP contribution in [0.25, 0.3) is 33.4 Å². The number of aryl methyl sites for hydroxylation is 1. The number of rotatable bonds is 4. The van der Waals surface area contributed by atoms with Gasteiger partial charge in [0.15, 0.2) is 0 Å². The first-order valence-corrected chi connectivity index (χ1v) is 8.80. The summed E-state index contributed by atoms with van der Waals surface area (Å²) in [6.07, 6.45) is 8.15. The maximum Gasteiger partial charge on any atom is 0.261 e. The highest BCUT2D eigenvalue weighted by Crippen LogP contribution is 2.28. The van der Waals surface area contributed by atoms with Crippen LogP contribution in [-0.4, -0.2) is 41.2 Å². The highest BCUT2D eigenvalue weighted by molar-refractivity contribution is 5.93. The molecule has 140 valence electrons. The molecule has 0 saturated heterocycles. The first kappa shape index (κ1) is 17.9. The van der Waals surface area contributed by atoms with Gasteiger partial charge in [-0.3, -0.25) is 14.3 Å². The van der Waals surface area contributed by atoms with Crippen LogP contribution in [0.4, 0.5) is 0 Å². The lowest BCUT2D eigenvalue weighted by atomic mass is 10.1. The predicted octanol–water partition coefficient (Wildman–Crippen LogP) is 2.17. The molecule has 1 N–H and O–H groups in total. The van der Waals surface area contributed by atoms with Gasteiger partial charge in [0, 0.05) is 35.9 Å². The van der Waals surface area contributed by atoms with Crippen molar-refractivity contribution in [3.05, 3.63) is 65.5 Å². The minimum Gasteiger partial charge on any atom is -0.394 e. The van der Waals surface area contributed by atoms with E-state index >= 15 is 0 Å². The van der Waals surface area contributed by atoms with E-state index in [-0.39, 0.29) is 18.2 Å². The van der Waals surface area contributed by atoms with Gasteiger partial charge in [0.2, 0.25) is 0 Å². The van der Waals surface area contributed by atoms with E-state index in [1.54, 1.807) is 50.8 Å². The van der Waals surface area contributed by atoms with Crippen LogP contribution in [0.2, 0.25) is 0 Å². The smallest absolute Gasteiger partial charge is 0.261 e. The van der Waals surface area contributed by atoms with E-state index < -0.39 is 0 Å². The van der Waals surface area contributed by atoms with E-state index in [4.69, 9.17) is 4.98 Å². The van der Waals surface area contributed by atoms with Crippen molar-refractivity contribution < 1.29 is 5.11 Å². The molecule has 0 spiro atoms. The quantitative estimate of drug-likeness (QED) is 0.583. The van der Waals surface area contributed by atoms with Gasteiger partial charge in [0.05, 0.1) is 35.8 Å². The molecule has 0 radical (unpaired) electrons. The molecule has 0 saturated carbocycles. The Morgan fingerprint density at radius 3 is 2.61 bits per heavy atom. The van der Waals surface area contributed by atoms with Gasteiger partial charge >= 0.3 is 0 Å². The Hall–Kier alpha value is -3.52. The van der Waals surface area contributed by atoms with Crippen LogP contribution >= 0.6 is 0 Å². The molecule has 8 heteroatoms. The number of hydrogen-bond acceptors (Lipinski definition) is 7. The van der Waals surface area contributed by atoms with E-state index in [0.717, 1.165) is 5.56 Å². The summed E-state index contributed by atoms with van der Waals surface area (Å²) >= 11 is 0. The zero-order valence-electron chi connectivity index (χ0n) is 15.4. The zero-order chi connectivity index (χ0) is 19.7. The Kier molecular flexibility index (Phi) is 4.62. The number of aliphatic hydroxyl groups excluding tert-OH is 1. The van der Waals surface area contributed by atoms with Gasteiger partial charge in [-0.2, -0.15) is 0 Å². The van der Waals surface area contributed by atoms with Crippen molar-refractivity contribution in [2.45, 2.75) is 19.9 Å². The van der Waals surface area contributed by atoms with E-state index in [1.165, 1.54) is 10.9 Å². The largest absolute Gasteiger partial charge is 0.394 e. The fraction of sp³-hybridized carbons (Fsp3) is 0.200. The van der Waals surface area contributed by atoms with Crippen LogP contribution in [0, 0.1) is 6.92 Å². The summed E-state index contributed by atoms with van der Waals surface area (Å²) in [6, 6.07) is 4.98. The molecule has 0 aliphatic heterocycles. The molecule has 1 atom stereocenters. The Morgan fingerprint density at radius 1 is 1.14 bits per heavy atom. The number of hydrogen-bond donors (Lipinski definition) is 1. The summed E-state index contributed by atoms with van der Waals surface area (Å²) in [5.41, 5.74) is 2.82. The summed E-state index contributed by atoms with van der Waals surface area (Å²) in [4.78, 5) is 34.9. The summed E-state index contributed by atoms with van der Waals surface area (Å²) in [5.74, 6) is 0.651. The van der Waals surface area contributed by atoms with Crippen LogP contribution in [0.3, 0.4) is 0 Å². The van der Waals surface area contributed by atoms with Crippen LogP contribution in [-0.2, 0) is 0 Å². The standard InChI is InChI=1S/C20H18N6O2/c1-12(10-27)26-11-24-19-16(20(26)28)6-17(15-8-22-13(2)23-9-15)25-18(19)14-4-3-5-21-7-14/h3-9,11-12,27H,10H2,1-2H3/t12-/m0/s1. The monoisotopic (exact) mass is 374 g/mol. The van der Waals surface area contributed by atoms with E-state index in [0.29, 0.717) is 33.7 Å². The molecule has 0 amide bonds. The predicted molar refractivity (Wildman–Crippen MR) is 105 cm³/mol. The molecule has 4 aromatic rings. The van der Waals surface area contributed by atoms with Crippen LogP contribution in [0.5, 0.6) is 0 Å². The maximum atomic E-state index is 13.1. The fourth-order valence-electron chi connectivity index (χ4n) is 2.92. The van der Waals surface area contributed by atoms with Gasteiger partial charge in [0.1, 0.15) is 11.3 Å². The van der Waals surface area contributed by atoms with E-state index in [9.17, 15) is 9.90 Å². The minimum absolute atomic E-state index is 0.160. The highest BCUT2D eigenvalue weighted by atomic mass is 16.3. The Bertz CT molecular complexity index is 1190. The van der Waals surface area contributed by atoms with Crippen LogP contribution < -0.4 is 5.56 Å². The van der Waals surface area contributed by atoms with Crippen molar-refractivity contribution in [2.24, 2.45) is 0 Å². The number of pyridine rings is 2. The highest BCUT2D eigenvalue weighted by Gasteiger charge is 2.16. The average molecular weight is 374 g/mol. The minimum atomic E-state index is -0.384. The van der Waals surface area contributed by atoms with E-state index in [1.807, 2.05) is 6.07 Å². The lowest BCUT2D eigenvalue weighted by Crippen LogP contribution is -2.25. The van der Waals surface area contributed by atoms with Gasteiger partial charge < -0.3 is 5.11 Å². The molecule has 0 aliphatic rings. The third kappa shape index (κ3) is 3.14. The van der Waals surface area contributed by atoms with Crippen molar-refractivity contribution in [1.29, 1.82) is 0 Å².